The summed E-state index contributed by atoms with van der Waals surface area (Å²) in [4.78, 5) is 4.07. The molecule has 0 radical (unpaired) electrons. The van der Waals surface area contributed by atoms with E-state index in [-0.39, 0.29) is 11.1 Å². The van der Waals surface area contributed by atoms with Gasteiger partial charge >= 0.3 is 0 Å². The van der Waals surface area contributed by atoms with Gasteiger partial charge in [-0.25, -0.2) is 18.1 Å². The number of hydrogen-bond acceptors (Lipinski definition) is 4. The first-order valence-corrected chi connectivity index (χ1v) is 7.61. The van der Waals surface area contributed by atoms with E-state index in [1.165, 1.54) is 0 Å². The molecule has 0 aliphatic carbocycles. The number of nitrogens with one attached hydrogen (secondary N) is 2. The Hall–Kier alpha value is -0.920. The highest BCUT2D eigenvalue weighted by atomic mass is 32.2. The molecule has 18 heavy (non-hydrogen) atoms. The molecule has 1 aromatic heterocycles. The van der Waals surface area contributed by atoms with Crippen LogP contribution < -0.4 is 10.0 Å². The fourth-order valence-electron chi connectivity index (χ4n) is 2.10. The number of imidazole rings is 1. The van der Waals surface area contributed by atoms with Gasteiger partial charge in [-0.1, -0.05) is 6.92 Å². The summed E-state index contributed by atoms with van der Waals surface area (Å²) >= 11 is 0. The molecule has 2 N–H and O–H groups in total. The second-order valence-corrected chi connectivity index (χ2v) is 6.60. The van der Waals surface area contributed by atoms with Crippen LogP contribution >= 0.6 is 0 Å². The lowest BCUT2D eigenvalue weighted by atomic mass is 9.97. The number of rotatable bonds is 3. The molecule has 0 spiro atoms. The molecular weight excluding hydrogens is 252 g/mol. The van der Waals surface area contributed by atoms with E-state index in [1.54, 1.807) is 24.7 Å². The molecule has 1 saturated heterocycles. The smallest absolute Gasteiger partial charge is 0.259 e. The minimum absolute atomic E-state index is 0.0152. The minimum atomic E-state index is -3.50. The zero-order chi connectivity index (χ0) is 13.3. The molecule has 102 valence electrons. The normalized spacial score (nSPS) is 25.3. The van der Waals surface area contributed by atoms with Crippen LogP contribution in [0.3, 0.4) is 0 Å². The monoisotopic (exact) mass is 272 g/mol. The Morgan fingerprint density at radius 1 is 1.56 bits per heavy atom. The van der Waals surface area contributed by atoms with Crippen LogP contribution in [0, 0.1) is 12.8 Å². The van der Waals surface area contributed by atoms with Crippen LogP contribution in [0.4, 0.5) is 0 Å². The third-order valence-electron chi connectivity index (χ3n) is 3.45. The van der Waals surface area contributed by atoms with Crippen molar-refractivity contribution < 1.29 is 8.42 Å². The molecule has 1 aliphatic rings. The van der Waals surface area contributed by atoms with Gasteiger partial charge in [0.2, 0.25) is 0 Å². The van der Waals surface area contributed by atoms with E-state index in [4.69, 9.17) is 0 Å². The van der Waals surface area contributed by atoms with Crippen molar-refractivity contribution in [1.29, 1.82) is 0 Å². The van der Waals surface area contributed by atoms with Crippen molar-refractivity contribution in [1.82, 2.24) is 19.6 Å². The number of hydrogen-bond donors (Lipinski definition) is 2. The quantitative estimate of drug-likeness (QED) is 0.812. The average molecular weight is 272 g/mol. The summed E-state index contributed by atoms with van der Waals surface area (Å²) in [5.74, 6) is 0.979. The van der Waals surface area contributed by atoms with Gasteiger partial charge in [0.25, 0.3) is 10.0 Å². The Morgan fingerprint density at radius 2 is 2.28 bits per heavy atom. The maximum atomic E-state index is 12.2. The van der Waals surface area contributed by atoms with Crippen LogP contribution in [0.1, 0.15) is 19.2 Å². The summed E-state index contributed by atoms with van der Waals surface area (Å²) in [5.41, 5.74) is 0. The SMILES string of the molecule is Cc1nc(S(=O)(=O)NC2CCNCC2C)cn1C. The van der Waals surface area contributed by atoms with Crippen LogP contribution in [0.2, 0.25) is 0 Å². The van der Waals surface area contributed by atoms with E-state index in [1.807, 2.05) is 6.92 Å². The zero-order valence-corrected chi connectivity index (χ0v) is 11.8. The van der Waals surface area contributed by atoms with Crippen molar-refractivity contribution in [2.45, 2.75) is 31.3 Å². The topological polar surface area (TPSA) is 76.0 Å². The summed E-state index contributed by atoms with van der Waals surface area (Å²) in [6.07, 6.45) is 2.36. The minimum Gasteiger partial charge on any atom is -0.337 e. The molecule has 2 unspecified atom stereocenters. The first-order valence-electron chi connectivity index (χ1n) is 6.13. The van der Waals surface area contributed by atoms with Gasteiger partial charge in [0.05, 0.1) is 0 Å². The number of aromatic nitrogens is 2. The Balaban J connectivity index is 2.16. The highest BCUT2D eigenvalue weighted by Crippen LogP contribution is 2.15. The van der Waals surface area contributed by atoms with Crippen molar-refractivity contribution in [2.75, 3.05) is 13.1 Å². The molecule has 0 aromatic carbocycles. The Bertz CT molecular complexity index is 504. The number of nitrogens with zero attached hydrogens (tertiary/aromatic N) is 2. The van der Waals surface area contributed by atoms with E-state index in [0.717, 1.165) is 19.5 Å². The average Bonchev–Trinajstić information content (AvgIpc) is 2.63. The van der Waals surface area contributed by atoms with E-state index in [2.05, 4.69) is 15.0 Å². The van der Waals surface area contributed by atoms with E-state index >= 15 is 0 Å². The summed E-state index contributed by atoms with van der Waals surface area (Å²) in [6.45, 7) is 5.52. The fourth-order valence-corrected chi connectivity index (χ4v) is 3.52. The first-order chi connectivity index (χ1) is 8.40. The van der Waals surface area contributed by atoms with Crippen molar-refractivity contribution in [3.8, 4) is 0 Å². The second-order valence-electron chi connectivity index (χ2n) is 4.94. The summed E-state index contributed by atoms with van der Waals surface area (Å²) in [6, 6.07) is -0.0152. The van der Waals surface area contributed by atoms with Crippen molar-refractivity contribution in [3.63, 3.8) is 0 Å². The second kappa shape index (κ2) is 4.99. The van der Waals surface area contributed by atoms with Gasteiger partial charge in [0, 0.05) is 19.3 Å². The van der Waals surface area contributed by atoms with Crippen molar-refractivity contribution in [2.24, 2.45) is 13.0 Å². The van der Waals surface area contributed by atoms with Crippen LogP contribution in [-0.4, -0.2) is 37.1 Å². The Kier molecular flexibility index (Phi) is 3.74. The predicted molar refractivity (Wildman–Crippen MR) is 68.7 cm³/mol. The molecule has 2 rings (SSSR count). The van der Waals surface area contributed by atoms with Crippen LogP contribution in [-0.2, 0) is 17.1 Å². The molecule has 1 aliphatic heterocycles. The first kappa shape index (κ1) is 13.5. The molecule has 1 fully saturated rings. The number of sulfonamides is 1. The summed E-state index contributed by atoms with van der Waals surface area (Å²) in [7, 11) is -1.72. The van der Waals surface area contributed by atoms with Crippen molar-refractivity contribution in [3.05, 3.63) is 12.0 Å². The molecule has 7 heteroatoms. The van der Waals surface area contributed by atoms with E-state index in [9.17, 15) is 8.42 Å². The third-order valence-corrected chi connectivity index (χ3v) is 4.81. The van der Waals surface area contributed by atoms with Crippen LogP contribution in [0.5, 0.6) is 0 Å². The maximum Gasteiger partial charge on any atom is 0.259 e. The maximum absolute atomic E-state index is 12.2. The van der Waals surface area contributed by atoms with Crippen LogP contribution in [0.25, 0.3) is 0 Å². The molecule has 1 aromatic rings. The van der Waals surface area contributed by atoms with Gasteiger partial charge < -0.3 is 9.88 Å². The zero-order valence-electron chi connectivity index (χ0n) is 11.0. The van der Waals surface area contributed by atoms with Gasteiger partial charge in [-0.3, -0.25) is 0 Å². The lowest BCUT2D eigenvalue weighted by Crippen LogP contribution is -2.48. The van der Waals surface area contributed by atoms with E-state index in [0.29, 0.717) is 11.7 Å². The number of piperidine rings is 1. The Labute approximate surface area is 108 Å². The van der Waals surface area contributed by atoms with Gasteiger partial charge in [0.15, 0.2) is 5.03 Å². The highest BCUT2D eigenvalue weighted by molar-refractivity contribution is 7.89. The van der Waals surface area contributed by atoms with E-state index < -0.39 is 10.0 Å². The van der Waals surface area contributed by atoms with Crippen LogP contribution in [0.15, 0.2) is 11.2 Å². The standard InChI is InChI=1S/C11H20N4O2S/c1-8-6-12-5-4-10(8)14-18(16,17)11-7-15(3)9(2)13-11/h7-8,10,12,14H,4-6H2,1-3H3. The predicted octanol–water partition coefficient (Wildman–Crippen LogP) is 0.00482. The molecule has 0 amide bonds. The summed E-state index contributed by atoms with van der Waals surface area (Å²) < 4.78 is 28.9. The molecule has 0 saturated carbocycles. The fraction of sp³-hybridized carbons (Fsp3) is 0.727. The molecule has 2 heterocycles. The lowest BCUT2D eigenvalue weighted by Gasteiger charge is -2.29. The summed E-state index contributed by atoms with van der Waals surface area (Å²) in [5, 5.41) is 3.35. The highest BCUT2D eigenvalue weighted by Gasteiger charge is 2.28. The molecule has 6 nitrogen and oxygen atoms in total. The largest absolute Gasteiger partial charge is 0.337 e. The number of aryl methyl sites for hydroxylation is 2. The van der Waals surface area contributed by atoms with Gasteiger partial charge in [-0.2, -0.15) is 0 Å². The van der Waals surface area contributed by atoms with Gasteiger partial charge in [-0.05, 0) is 32.4 Å². The Morgan fingerprint density at radius 3 is 2.83 bits per heavy atom. The molecular formula is C11H20N4O2S. The molecule has 0 bridgehead atoms. The van der Waals surface area contributed by atoms with Crippen molar-refractivity contribution >= 4 is 10.0 Å². The molecule has 2 atom stereocenters. The van der Waals surface area contributed by atoms with Gasteiger partial charge in [0.1, 0.15) is 5.82 Å². The third kappa shape index (κ3) is 2.73. The van der Waals surface area contributed by atoms with Gasteiger partial charge in [-0.15, -0.1) is 0 Å². The lowest BCUT2D eigenvalue weighted by molar-refractivity contribution is 0.328.